The summed E-state index contributed by atoms with van der Waals surface area (Å²) in [5, 5.41) is 87.3. The quantitative estimate of drug-likeness (QED) is 0.0204. The van der Waals surface area contributed by atoms with Crippen LogP contribution in [0.1, 0.15) is 271 Å². The summed E-state index contributed by atoms with van der Waals surface area (Å²) in [6.07, 6.45) is 52.6. The molecule has 2 aliphatic heterocycles. The Labute approximate surface area is 498 Å². The van der Waals surface area contributed by atoms with E-state index in [0.717, 1.165) is 44.9 Å². The normalized spacial score (nSPS) is 24.3. The van der Waals surface area contributed by atoms with Gasteiger partial charge in [-0.25, -0.2) is 0 Å². The summed E-state index contributed by atoms with van der Waals surface area (Å²) in [5.41, 5.74) is 0. The van der Waals surface area contributed by atoms with Gasteiger partial charge in [-0.15, -0.1) is 0 Å². The van der Waals surface area contributed by atoms with Gasteiger partial charge in [0.05, 0.1) is 32.0 Å². The van der Waals surface area contributed by atoms with Crippen molar-refractivity contribution in [2.24, 2.45) is 0 Å². The van der Waals surface area contributed by atoms with E-state index < -0.39 is 86.8 Å². The van der Waals surface area contributed by atoms with Crippen molar-refractivity contribution in [3.05, 3.63) is 60.8 Å². The van der Waals surface area contributed by atoms with Crippen molar-refractivity contribution in [3.8, 4) is 0 Å². The van der Waals surface area contributed by atoms with E-state index in [2.05, 4.69) is 67.8 Å². The van der Waals surface area contributed by atoms with Crippen LogP contribution in [0, 0.1) is 0 Å². The largest absolute Gasteiger partial charge is 0.394 e. The highest BCUT2D eigenvalue weighted by Crippen LogP contribution is 2.30. The predicted octanol–water partition coefficient (Wildman–Crippen LogP) is 12.9. The van der Waals surface area contributed by atoms with Gasteiger partial charge in [-0.3, -0.25) is 4.79 Å². The summed E-state index contributed by atoms with van der Waals surface area (Å²) in [5.74, 6) is -0.250. The molecular weight excluding hydrogens is 1040 g/mol. The van der Waals surface area contributed by atoms with Crippen LogP contribution < -0.4 is 5.32 Å². The van der Waals surface area contributed by atoms with Gasteiger partial charge < -0.3 is 65.1 Å². The molecule has 2 heterocycles. The number of hydrogen-bond acceptors (Lipinski definition) is 13. The first kappa shape index (κ1) is 75.8. The highest BCUT2D eigenvalue weighted by atomic mass is 16.7. The van der Waals surface area contributed by atoms with Crippen LogP contribution in [-0.2, 0) is 23.7 Å². The van der Waals surface area contributed by atoms with Gasteiger partial charge in [0.25, 0.3) is 0 Å². The minimum Gasteiger partial charge on any atom is -0.394 e. The summed E-state index contributed by atoms with van der Waals surface area (Å²) in [6, 6.07) is -0.936. The van der Waals surface area contributed by atoms with Crippen LogP contribution in [0.15, 0.2) is 60.8 Å². The van der Waals surface area contributed by atoms with Crippen molar-refractivity contribution < 1.29 is 64.6 Å². The Bertz CT molecular complexity index is 1610. The number of unbranched alkanes of at least 4 members (excludes halogenated alkanes) is 33. The zero-order valence-corrected chi connectivity index (χ0v) is 51.7. The van der Waals surface area contributed by atoms with Gasteiger partial charge in [-0.05, 0) is 70.6 Å². The first-order chi connectivity index (χ1) is 40.1. The van der Waals surface area contributed by atoms with Gasteiger partial charge in [-0.1, -0.05) is 254 Å². The Balaban J connectivity index is 1.72. The third kappa shape index (κ3) is 37.3. The second-order valence-electron chi connectivity index (χ2n) is 23.6. The van der Waals surface area contributed by atoms with Crippen LogP contribution in [0.25, 0.3) is 0 Å². The highest BCUT2D eigenvalue weighted by molar-refractivity contribution is 5.76. The zero-order chi connectivity index (χ0) is 59.5. The molecule has 0 aliphatic carbocycles. The van der Waals surface area contributed by atoms with Gasteiger partial charge in [0, 0.05) is 6.42 Å². The zero-order valence-electron chi connectivity index (χ0n) is 51.7. The Morgan fingerprint density at radius 1 is 0.439 bits per heavy atom. The molecule has 2 aliphatic rings. The van der Waals surface area contributed by atoms with Crippen molar-refractivity contribution >= 4 is 5.91 Å². The third-order valence-electron chi connectivity index (χ3n) is 16.2. The van der Waals surface area contributed by atoms with E-state index in [4.69, 9.17) is 18.9 Å². The topological polar surface area (TPSA) is 228 Å². The maximum Gasteiger partial charge on any atom is 0.220 e. The van der Waals surface area contributed by atoms with Crippen LogP contribution >= 0.6 is 0 Å². The molecule has 12 unspecified atom stereocenters. The van der Waals surface area contributed by atoms with Crippen LogP contribution in [0.3, 0.4) is 0 Å². The number of hydrogen-bond donors (Lipinski definition) is 9. The summed E-state index contributed by atoms with van der Waals surface area (Å²) in [4.78, 5) is 13.3. The van der Waals surface area contributed by atoms with Crippen LogP contribution in [-0.4, -0.2) is 140 Å². The first-order valence-electron chi connectivity index (χ1n) is 33.5. The number of carbonyl (C=O) groups excluding carboxylic acids is 1. The van der Waals surface area contributed by atoms with E-state index in [1.165, 1.54) is 193 Å². The predicted molar refractivity (Wildman–Crippen MR) is 332 cm³/mol. The maximum absolute atomic E-state index is 13.3. The van der Waals surface area contributed by atoms with Crippen LogP contribution in [0.2, 0.25) is 0 Å². The highest BCUT2D eigenvalue weighted by Gasteiger charge is 2.51. The molecular formula is C68H123NO13. The fraction of sp³-hybridized carbons (Fsp3) is 0.838. The third-order valence-corrected chi connectivity index (χ3v) is 16.2. The minimum atomic E-state index is -1.79. The van der Waals surface area contributed by atoms with Crippen molar-refractivity contribution in [2.45, 2.75) is 344 Å². The number of aliphatic hydroxyl groups is 8. The Morgan fingerprint density at radius 2 is 0.817 bits per heavy atom. The number of carbonyl (C=O) groups is 1. The van der Waals surface area contributed by atoms with Gasteiger partial charge in [0.1, 0.15) is 48.8 Å². The fourth-order valence-corrected chi connectivity index (χ4v) is 10.8. The van der Waals surface area contributed by atoms with E-state index >= 15 is 0 Å². The lowest BCUT2D eigenvalue weighted by Gasteiger charge is -2.46. The lowest BCUT2D eigenvalue weighted by atomic mass is 9.97. The van der Waals surface area contributed by atoms with Crippen molar-refractivity contribution in [3.63, 3.8) is 0 Å². The molecule has 0 aromatic carbocycles. The fourth-order valence-electron chi connectivity index (χ4n) is 10.8. The van der Waals surface area contributed by atoms with E-state index in [0.29, 0.717) is 12.8 Å². The lowest BCUT2D eigenvalue weighted by molar-refractivity contribution is -0.359. The monoisotopic (exact) mass is 1160 g/mol. The lowest BCUT2D eigenvalue weighted by Crippen LogP contribution is -2.65. The Hall–Kier alpha value is -2.31. The molecule has 2 fully saturated rings. The molecule has 478 valence electrons. The van der Waals surface area contributed by atoms with Gasteiger partial charge in [0.2, 0.25) is 5.91 Å². The summed E-state index contributed by atoms with van der Waals surface area (Å²) in [7, 11) is 0. The van der Waals surface area contributed by atoms with Crippen molar-refractivity contribution in [1.29, 1.82) is 0 Å². The van der Waals surface area contributed by atoms with Gasteiger partial charge in [-0.2, -0.15) is 0 Å². The molecule has 1 amide bonds. The molecule has 0 aromatic heterocycles. The minimum absolute atomic E-state index is 0.250. The number of aliphatic hydroxyl groups excluding tert-OH is 8. The summed E-state index contributed by atoms with van der Waals surface area (Å²) in [6.45, 7) is 2.79. The number of rotatable bonds is 54. The van der Waals surface area contributed by atoms with Crippen molar-refractivity contribution in [1.82, 2.24) is 5.32 Å². The van der Waals surface area contributed by atoms with Gasteiger partial charge in [0.15, 0.2) is 12.6 Å². The number of allylic oxidation sites excluding steroid dienone is 9. The van der Waals surface area contributed by atoms with Crippen LogP contribution in [0.5, 0.6) is 0 Å². The molecule has 12 atom stereocenters. The molecule has 9 N–H and O–H groups in total. The van der Waals surface area contributed by atoms with E-state index in [9.17, 15) is 45.6 Å². The van der Waals surface area contributed by atoms with E-state index in [1.807, 2.05) is 6.08 Å². The molecule has 0 spiro atoms. The van der Waals surface area contributed by atoms with E-state index in [-0.39, 0.29) is 18.9 Å². The number of amides is 1. The van der Waals surface area contributed by atoms with Crippen LogP contribution in [0.4, 0.5) is 0 Å². The average Bonchev–Trinajstić information content (AvgIpc) is 3.67. The Morgan fingerprint density at radius 3 is 1.28 bits per heavy atom. The molecule has 0 bridgehead atoms. The average molecular weight is 1160 g/mol. The molecule has 14 heteroatoms. The summed E-state index contributed by atoms with van der Waals surface area (Å²) < 4.78 is 22.8. The number of nitrogens with one attached hydrogen (secondary N) is 1. The molecule has 0 radical (unpaired) electrons. The van der Waals surface area contributed by atoms with E-state index in [1.54, 1.807) is 6.08 Å². The Kier molecular flexibility index (Phi) is 49.0. The maximum atomic E-state index is 13.3. The molecule has 2 saturated heterocycles. The summed E-state index contributed by atoms with van der Waals surface area (Å²) >= 11 is 0. The second-order valence-corrected chi connectivity index (χ2v) is 23.6. The SMILES string of the molecule is CCCCCCC/C=C\C/C=C\C/C=C\CCCCCCCCCCCCCCC(=O)NC(COC1OC(CO)C(OC2OC(CO)C(O)C(O)C2O)C(O)C1O)C(O)/C=C/CC/C=C/CCCCCCCCCCCCCCCCC. The first-order valence-corrected chi connectivity index (χ1v) is 33.5. The second kappa shape index (κ2) is 53.0. The van der Waals surface area contributed by atoms with Gasteiger partial charge >= 0.3 is 0 Å². The molecule has 2 rings (SSSR count). The van der Waals surface area contributed by atoms with Crippen molar-refractivity contribution in [2.75, 3.05) is 19.8 Å². The molecule has 0 saturated carbocycles. The molecule has 14 nitrogen and oxygen atoms in total. The number of ether oxygens (including phenoxy) is 4. The molecule has 82 heavy (non-hydrogen) atoms. The standard InChI is InChI=1S/C68H123NO13/c1-3-5-7-9-11-13-15-17-19-21-23-25-26-27-28-29-30-32-34-36-38-40-42-44-46-48-50-52-60(73)69-56(57(72)51-49-47-45-43-41-39-37-35-33-31-24-22-20-18-16-14-12-10-8-6-4-2)55-79-67-65(78)63(76)66(59(54-71)81-67)82-68-64(77)62(75)61(74)58(53-70)80-68/h15,17,21,23,26-27,41,43,49,51,56-59,61-68,70-72,74-78H,3-14,16,18-20,22,24-25,28-40,42,44-48,50,52-55H2,1-2H3,(H,69,73)/b17-15-,23-21-,27-26-,43-41+,51-49+. The smallest absolute Gasteiger partial charge is 0.220 e. The molecule has 0 aromatic rings.